The lowest BCUT2D eigenvalue weighted by atomic mass is 10.1. The molecule has 1 N–H and O–H groups in total. The summed E-state index contributed by atoms with van der Waals surface area (Å²) in [4.78, 5) is 16.8. The molecule has 2 aromatic carbocycles. The summed E-state index contributed by atoms with van der Waals surface area (Å²) in [5, 5.41) is 1.23. The molecule has 0 saturated heterocycles. The number of hydrogen-bond donors (Lipinski definition) is 1. The van der Waals surface area contributed by atoms with Crippen LogP contribution in [0.4, 0.5) is 5.69 Å². The van der Waals surface area contributed by atoms with Gasteiger partial charge in [-0.3, -0.25) is 0 Å². The van der Waals surface area contributed by atoms with Crippen molar-refractivity contribution in [1.82, 2.24) is 19.5 Å². The molecule has 0 radical (unpaired) electrons. The second-order valence-corrected chi connectivity index (χ2v) is 7.34. The number of imidazole rings is 1. The molecule has 28 heavy (non-hydrogen) atoms. The molecular weight excluding hydrogens is 393 g/mol. The summed E-state index contributed by atoms with van der Waals surface area (Å²) in [6, 6.07) is 13.7. The van der Waals surface area contributed by atoms with Crippen LogP contribution in [0.2, 0.25) is 10.0 Å². The monoisotopic (exact) mass is 411 g/mol. The van der Waals surface area contributed by atoms with Crippen molar-refractivity contribution in [1.29, 1.82) is 0 Å². The number of H-pyrrole nitrogens is 1. The third-order valence-electron chi connectivity index (χ3n) is 4.53. The van der Waals surface area contributed by atoms with Gasteiger partial charge in [0.2, 0.25) is 0 Å². The first-order valence-corrected chi connectivity index (χ1v) is 9.86. The average molecular weight is 412 g/mol. The van der Waals surface area contributed by atoms with Gasteiger partial charge in [0, 0.05) is 15.6 Å². The predicted molar refractivity (Wildman–Crippen MR) is 113 cm³/mol. The number of aromatic amines is 1. The Morgan fingerprint density at radius 2 is 1.79 bits per heavy atom. The van der Waals surface area contributed by atoms with E-state index in [-0.39, 0.29) is 0 Å². The average Bonchev–Trinajstić information content (AvgIpc) is 3.18. The van der Waals surface area contributed by atoms with Crippen molar-refractivity contribution in [2.45, 2.75) is 26.3 Å². The number of aryl methyl sites for hydroxylation is 1. The highest BCUT2D eigenvalue weighted by molar-refractivity contribution is 6.36. The molecule has 4 aromatic rings. The van der Waals surface area contributed by atoms with Gasteiger partial charge in [-0.15, -0.1) is 0 Å². The summed E-state index contributed by atoms with van der Waals surface area (Å²) in [5.74, 6) is 0. The minimum Gasteiger partial charge on any atom is -0.340 e. The lowest BCUT2D eigenvalue weighted by molar-refractivity contribution is 0.786. The number of nitrogens with one attached hydrogen (secondary N) is 1. The number of aromatic nitrogens is 4. The minimum atomic E-state index is 0.471. The molecular formula is C21H19Cl2N5. The van der Waals surface area contributed by atoms with Gasteiger partial charge < -0.3 is 9.55 Å². The number of benzene rings is 2. The Bertz CT molecular complexity index is 1160. The van der Waals surface area contributed by atoms with Crippen LogP contribution in [-0.4, -0.2) is 19.5 Å². The third kappa shape index (κ3) is 3.81. The topological polar surface area (TPSA) is 58.9 Å². The van der Waals surface area contributed by atoms with E-state index in [1.54, 1.807) is 12.7 Å². The van der Waals surface area contributed by atoms with Crippen LogP contribution >= 0.6 is 23.2 Å². The second kappa shape index (κ2) is 8.17. The van der Waals surface area contributed by atoms with Crippen molar-refractivity contribution >= 4 is 40.1 Å². The fourth-order valence-electron chi connectivity index (χ4n) is 3.12. The zero-order valence-electron chi connectivity index (χ0n) is 15.4. The highest BCUT2D eigenvalue weighted by Gasteiger charge is 2.10. The number of rotatable bonds is 5. The van der Waals surface area contributed by atoms with E-state index >= 15 is 0 Å². The van der Waals surface area contributed by atoms with Crippen LogP contribution in [0, 0.1) is 0 Å². The van der Waals surface area contributed by atoms with Crippen molar-refractivity contribution in [3.8, 4) is 0 Å². The molecule has 0 aliphatic heterocycles. The molecule has 5 nitrogen and oxygen atoms in total. The fourth-order valence-corrected chi connectivity index (χ4v) is 3.63. The maximum atomic E-state index is 6.31. The van der Waals surface area contributed by atoms with E-state index in [9.17, 15) is 0 Å². The Kier molecular flexibility index (Phi) is 5.46. The van der Waals surface area contributed by atoms with Gasteiger partial charge in [0.15, 0.2) is 11.1 Å². The van der Waals surface area contributed by atoms with Gasteiger partial charge in [0.1, 0.15) is 5.52 Å². The number of halogens is 2. The molecule has 0 unspecified atom stereocenters. The maximum Gasteiger partial charge on any atom is 0.181 e. The second-order valence-electron chi connectivity index (χ2n) is 6.53. The van der Waals surface area contributed by atoms with Gasteiger partial charge in [-0.25, -0.2) is 15.0 Å². The van der Waals surface area contributed by atoms with Crippen LogP contribution < -0.4 is 5.49 Å². The van der Waals surface area contributed by atoms with Crippen LogP contribution in [0.3, 0.4) is 0 Å². The molecule has 0 atom stereocenters. The van der Waals surface area contributed by atoms with Crippen LogP contribution in [0.25, 0.3) is 11.2 Å². The Morgan fingerprint density at radius 1 is 1.04 bits per heavy atom. The van der Waals surface area contributed by atoms with Crippen molar-refractivity contribution < 1.29 is 0 Å². The summed E-state index contributed by atoms with van der Waals surface area (Å²) in [7, 11) is 0. The van der Waals surface area contributed by atoms with E-state index in [1.807, 2.05) is 34.9 Å². The zero-order valence-corrected chi connectivity index (χ0v) is 16.9. The van der Waals surface area contributed by atoms with Gasteiger partial charge in [-0.05, 0) is 36.2 Å². The maximum absolute atomic E-state index is 6.31. The summed E-state index contributed by atoms with van der Waals surface area (Å²) in [6.45, 7) is 2.64. The van der Waals surface area contributed by atoms with E-state index in [2.05, 4.69) is 39.0 Å². The first-order chi connectivity index (χ1) is 13.7. The van der Waals surface area contributed by atoms with E-state index < -0.39 is 0 Å². The van der Waals surface area contributed by atoms with Gasteiger partial charge >= 0.3 is 0 Å². The van der Waals surface area contributed by atoms with Crippen molar-refractivity contribution in [2.24, 2.45) is 4.99 Å². The van der Waals surface area contributed by atoms with Crippen LogP contribution in [0.5, 0.6) is 0 Å². The molecule has 0 fully saturated rings. The molecule has 4 rings (SSSR count). The SMILES string of the molecule is CCCc1ccc(N=c2ncn(Cc3c(Cl)cccc3Cl)c3nc[nH]c23)cc1. The molecule has 142 valence electrons. The van der Waals surface area contributed by atoms with Crippen LogP contribution in [0.1, 0.15) is 24.5 Å². The van der Waals surface area contributed by atoms with Crippen LogP contribution in [0.15, 0.2) is 60.1 Å². The predicted octanol–water partition coefficient (Wildman–Crippen LogP) is 5.30. The molecule has 0 spiro atoms. The molecule has 7 heteroatoms. The summed E-state index contributed by atoms with van der Waals surface area (Å²) in [5.41, 5.74) is 5.10. The van der Waals surface area contributed by atoms with E-state index in [1.165, 1.54) is 5.56 Å². The smallest absolute Gasteiger partial charge is 0.181 e. The molecule has 0 amide bonds. The Morgan fingerprint density at radius 3 is 2.50 bits per heavy atom. The highest BCUT2D eigenvalue weighted by Crippen LogP contribution is 2.25. The third-order valence-corrected chi connectivity index (χ3v) is 5.24. The quantitative estimate of drug-likeness (QED) is 0.484. The Labute approximate surface area is 172 Å². The number of nitrogens with zero attached hydrogens (tertiary/aromatic N) is 4. The molecule has 2 heterocycles. The summed E-state index contributed by atoms with van der Waals surface area (Å²) in [6.07, 6.45) is 5.55. The lowest BCUT2D eigenvalue weighted by Crippen LogP contribution is -2.14. The first kappa shape index (κ1) is 18.7. The normalized spacial score (nSPS) is 12.0. The summed E-state index contributed by atoms with van der Waals surface area (Å²) >= 11 is 12.6. The van der Waals surface area contributed by atoms with Gasteiger partial charge in [0.05, 0.1) is 24.9 Å². The van der Waals surface area contributed by atoms with Crippen LogP contribution in [-0.2, 0) is 13.0 Å². The van der Waals surface area contributed by atoms with Crippen molar-refractivity contribution in [3.63, 3.8) is 0 Å². The molecule has 0 saturated carbocycles. The number of fused-ring (bicyclic) bond motifs is 1. The first-order valence-electron chi connectivity index (χ1n) is 9.11. The lowest BCUT2D eigenvalue weighted by Gasteiger charge is -2.10. The standard InChI is InChI=1S/C21H19Cl2N5/c1-2-4-14-7-9-15(10-8-14)27-20-19-21(25-12-24-19)28(13-26-20)11-16-17(22)5-3-6-18(16)23/h3,5-10,12-13H,2,4,11H2,1H3,(H,24,25). The van der Waals surface area contributed by atoms with Gasteiger partial charge in [0.25, 0.3) is 0 Å². The van der Waals surface area contributed by atoms with E-state index in [0.29, 0.717) is 22.1 Å². The minimum absolute atomic E-state index is 0.471. The van der Waals surface area contributed by atoms with Crippen molar-refractivity contribution in [3.05, 3.63) is 81.8 Å². The molecule has 2 aromatic heterocycles. The molecule has 0 aliphatic carbocycles. The molecule has 0 aliphatic rings. The van der Waals surface area contributed by atoms with Crippen molar-refractivity contribution in [2.75, 3.05) is 0 Å². The van der Waals surface area contributed by atoms with E-state index in [0.717, 1.165) is 35.3 Å². The highest BCUT2D eigenvalue weighted by atomic mass is 35.5. The largest absolute Gasteiger partial charge is 0.340 e. The zero-order chi connectivity index (χ0) is 19.5. The van der Waals surface area contributed by atoms with Gasteiger partial charge in [-0.1, -0.05) is 54.7 Å². The van der Waals surface area contributed by atoms with Gasteiger partial charge in [-0.2, -0.15) is 0 Å². The van der Waals surface area contributed by atoms with E-state index in [4.69, 9.17) is 23.2 Å². The Hall–Kier alpha value is -2.63. The number of hydrogen-bond acceptors (Lipinski definition) is 3. The Balaban J connectivity index is 1.73. The molecule has 0 bridgehead atoms. The summed E-state index contributed by atoms with van der Waals surface area (Å²) < 4.78 is 1.91. The fraction of sp³-hybridized carbons (Fsp3) is 0.190.